The van der Waals surface area contributed by atoms with Gasteiger partial charge in [-0.3, -0.25) is 0 Å². The van der Waals surface area contributed by atoms with Crippen molar-refractivity contribution < 1.29 is 0 Å². The number of benzene rings is 1. The van der Waals surface area contributed by atoms with E-state index in [2.05, 4.69) is 36.5 Å². The minimum Gasteiger partial charge on any atom is -0.312 e. The average Bonchev–Trinajstić information content (AvgIpc) is 3.14. The van der Waals surface area contributed by atoms with E-state index in [9.17, 15) is 0 Å². The summed E-state index contributed by atoms with van der Waals surface area (Å²) in [5, 5.41) is 5.00. The van der Waals surface area contributed by atoms with E-state index in [1.807, 2.05) is 11.3 Å². The number of hydrogen-bond acceptors (Lipinski definition) is 3. The van der Waals surface area contributed by atoms with Gasteiger partial charge in [-0.2, -0.15) is 0 Å². The second kappa shape index (κ2) is 5.15. The number of hydrogen-bond donors (Lipinski definition) is 1. The quantitative estimate of drug-likeness (QED) is 0.718. The largest absolute Gasteiger partial charge is 0.312 e. The summed E-state index contributed by atoms with van der Waals surface area (Å²) in [4.78, 5) is 7.91. The van der Waals surface area contributed by atoms with Crippen molar-refractivity contribution in [1.29, 1.82) is 0 Å². The average molecular weight is 320 g/mol. The highest BCUT2D eigenvalue weighted by Gasteiger charge is 2.26. The van der Waals surface area contributed by atoms with Crippen LogP contribution in [0.1, 0.15) is 33.7 Å². The molecule has 1 aromatic carbocycles. The smallest absolute Gasteiger partial charge is 0.124 e. The molecule has 0 saturated carbocycles. The molecule has 3 aromatic rings. The molecule has 116 valence electrons. The Balaban J connectivity index is 1.88. The van der Waals surface area contributed by atoms with E-state index in [-0.39, 0.29) is 0 Å². The standard InChI is InChI=1S/C20H20N2S/c1-12-5-7-13(8-6-12)18-15-11-21-10-9-16(15)22-20-19(18)14-3-2-4-17(14)23-20/h5-8,21H,2-4,9-11H2,1H3. The molecule has 0 bridgehead atoms. The number of fused-ring (bicyclic) bond motifs is 4. The zero-order valence-electron chi connectivity index (χ0n) is 13.4. The number of thiophene rings is 1. The molecule has 0 atom stereocenters. The van der Waals surface area contributed by atoms with Crippen LogP contribution in [0.15, 0.2) is 24.3 Å². The third-order valence-electron chi connectivity index (χ3n) is 5.22. The first-order valence-corrected chi connectivity index (χ1v) is 9.36. The maximum absolute atomic E-state index is 5.06. The van der Waals surface area contributed by atoms with Crippen molar-refractivity contribution in [2.45, 2.75) is 39.2 Å². The first-order chi connectivity index (χ1) is 11.3. The summed E-state index contributed by atoms with van der Waals surface area (Å²) >= 11 is 1.94. The van der Waals surface area contributed by atoms with Gasteiger partial charge in [-0.25, -0.2) is 4.98 Å². The van der Waals surface area contributed by atoms with Crippen molar-refractivity contribution in [3.8, 4) is 11.1 Å². The third-order valence-corrected chi connectivity index (χ3v) is 6.41. The molecule has 0 saturated heterocycles. The van der Waals surface area contributed by atoms with E-state index in [1.165, 1.54) is 57.4 Å². The van der Waals surface area contributed by atoms with Crippen LogP contribution in [0.2, 0.25) is 0 Å². The highest BCUT2D eigenvalue weighted by atomic mass is 32.1. The zero-order valence-corrected chi connectivity index (χ0v) is 14.2. The van der Waals surface area contributed by atoms with Crippen molar-refractivity contribution in [1.82, 2.24) is 10.3 Å². The zero-order chi connectivity index (χ0) is 15.4. The molecular formula is C20H20N2S. The van der Waals surface area contributed by atoms with Gasteiger partial charge in [-0.1, -0.05) is 29.8 Å². The van der Waals surface area contributed by atoms with E-state index in [1.54, 1.807) is 10.4 Å². The van der Waals surface area contributed by atoms with Gasteiger partial charge in [0.1, 0.15) is 4.83 Å². The third kappa shape index (κ3) is 2.07. The number of aromatic nitrogens is 1. The van der Waals surface area contributed by atoms with Crippen LogP contribution >= 0.6 is 11.3 Å². The van der Waals surface area contributed by atoms with Gasteiger partial charge in [-0.05, 0) is 48.4 Å². The Labute approximate surface area is 140 Å². The van der Waals surface area contributed by atoms with Crippen LogP contribution in [-0.4, -0.2) is 11.5 Å². The van der Waals surface area contributed by atoms with Gasteiger partial charge in [-0.15, -0.1) is 11.3 Å². The fraction of sp³-hybridized carbons (Fsp3) is 0.350. The first kappa shape index (κ1) is 13.7. The number of pyridine rings is 1. The topological polar surface area (TPSA) is 24.9 Å². The van der Waals surface area contributed by atoms with Crippen molar-refractivity contribution in [3.63, 3.8) is 0 Å². The van der Waals surface area contributed by atoms with Crippen LogP contribution in [0.25, 0.3) is 21.3 Å². The lowest BCUT2D eigenvalue weighted by Crippen LogP contribution is -2.25. The summed E-state index contributed by atoms with van der Waals surface area (Å²) < 4.78 is 0. The van der Waals surface area contributed by atoms with Gasteiger partial charge in [0.25, 0.3) is 0 Å². The Morgan fingerprint density at radius 1 is 1.04 bits per heavy atom. The molecule has 2 aliphatic rings. The summed E-state index contributed by atoms with van der Waals surface area (Å²) in [6.45, 7) is 4.15. The number of aryl methyl sites for hydroxylation is 3. The lowest BCUT2D eigenvalue weighted by molar-refractivity contribution is 0.634. The molecule has 0 fully saturated rings. The SMILES string of the molecule is Cc1ccc(-c2c3c(nc4sc5c(c24)CCC5)CCNC3)cc1. The molecule has 2 aromatic heterocycles. The molecule has 1 aliphatic carbocycles. The molecule has 3 heteroatoms. The van der Waals surface area contributed by atoms with Crippen LogP contribution in [0, 0.1) is 6.92 Å². The monoisotopic (exact) mass is 320 g/mol. The van der Waals surface area contributed by atoms with Crippen molar-refractivity contribution in [2.24, 2.45) is 0 Å². The maximum Gasteiger partial charge on any atom is 0.124 e. The Hall–Kier alpha value is -1.71. The van der Waals surface area contributed by atoms with Crippen molar-refractivity contribution >= 4 is 21.6 Å². The maximum atomic E-state index is 5.06. The predicted molar refractivity (Wildman–Crippen MR) is 97.2 cm³/mol. The van der Waals surface area contributed by atoms with Crippen molar-refractivity contribution in [2.75, 3.05) is 6.54 Å². The Bertz CT molecular complexity index is 906. The van der Waals surface area contributed by atoms with Crippen LogP contribution < -0.4 is 5.32 Å². The van der Waals surface area contributed by atoms with E-state index in [0.29, 0.717) is 0 Å². The van der Waals surface area contributed by atoms with Crippen LogP contribution in [0.3, 0.4) is 0 Å². The Morgan fingerprint density at radius 3 is 2.78 bits per heavy atom. The Morgan fingerprint density at radius 2 is 1.91 bits per heavy atom. The lowest BCUT2D eigenvalue weighted by atomic mass is 9.91. The van der Waals surface area contributed by atoms with E-state index in [4.69, 9.17) is 4.98 Å². The molecule has 0 spiro atoms. The van der Waals surface area contributed by atoms with Gasteiger partial charge >= 0.3 is 0 Å². The van der Waals surface area contributed by atoms with Gasteiger partial charge in [0, 0.05) is 35.5 Å². The number of rotatable bonds is 1. The molecule has 0 radical (unpaired) electrons. The summed E-state index contributed by atoms with van der Waals surface area (Å²) in [5.41, 5.74) is 8.46. The molecule has 1 N–H and O–H groups in total. The van der Waals surface area contributed by atoms with Gasteiger partial charge in [0.2, 0.25) is 0 Å². The first-order valence-electron chi connectivity index (χ1n) is 8.55. The number of nitrogens with one attached hydrogen (secondary N) is 1. The molecule has 3 heterocycles. The van der Waals surface area contributed by atoms with E-state index >= 15 is 0 Å². The lowest BCUT2D eigenvalue weighted by Gasteiger charge is -2.21. The molecule has 0 amide bonds. The molecular weight excluding hydrogens is 300 g/mol. The van der Waals surface area contributed by atoms with Gasteiger partial charge in [0.15, 0.2) is 0 Å². The molecule has 0 unspecified atom stereocenters. The van der Waals surface area contributed by atoms with Crippen LogP contribution in [0.4, 0.5) is 0 Å². The normalized spacial score (nSPS) is 16.6. The van der Waals surface area contributed by atoms with E-state index < -0.39 is 0 Å². The number of nitrogens with zero attached hydrogens (tertiary/aromatic N) is 1. The highest BCUT2D eigenvalue weighted by molar-refractivity contribution is 7.19. The predicted octanol–water partition coefficient (Wildman–Crippen LogP) is 4.41. The second-order valence-electron chi connectivity index (χ2n) is 6.74. The fourth-order valence-electron chi connectivity index (χ4n) is 4.07. The second-order valence-corrected chi connectivity index (χ2v) is 7.83. The minimum absolute atomic E-state index is 0.950. The summed E-state index contributed by atoms with van der Waals surface area (Å²) in [5.74, 6) is 0. The minimum atomic E-state index is 0.950. The van der Waals surface area contributed by atoms with Crippen LogP contribution in [0.5, 0.6) is 0 Å². The van der Waals surface area contributed by atoms with Gasteiger partial charge < -0.3 is 5.32 Å². The summed E-state index contributed by atoms with van der Waals surface area (Å²) in [6, 6.07) is 9.05. The summed E-state index contributed by atoms with van der Waals surface area (Å²) in [7, 11) is 0. The molecule has 5 rings (SSSR count). The van der Waals surface area contributed by atoms with Gasteiger partial charge in [0.05, 0.1) is 0 Å². The summed E-state index contributed by atoms with van der Waals surface area (Å²) in [6.07, 6.45) is 4.82. The molecule has 23 heavy (non-hydrogen) atoms. The fourth-order valence-corrected chi connectivity index (χ4v) is 5.36. The molecule has 2 nitrogen and oxygen atoms in total. The highest BCUT2D eigenvalue weighted by Crippen LogP contribution is 2.44. The van der Waals surface area contributed by atoms with E-state index in [0.717, 1.165) is 19.5 Å². The van der Waals surface area contributed by atoms with Crippen LogP contribution in [-0.2, 0) is 25.8 Å². The Kier molecular flexibility index (Phi) is 3.07. The molecule has 1 aliphatic heterocycles. The van der Waals surface area contributed by atoms with Crippen molar-refractivity contribution in [3.05, 3.63) is 51.5 Å².